The summed E-state index contributed by atoms with van der Waals surface area (Å²) >= 11 is 1.57. The third kappa shape index (κ3) is 3.31. The fourth-order valence-corrected chi connectivity index (χ4v) is 3.03. The Bertz CT molecular complexity index is 731. The molecule has 108 valence electrons. The molecule has 1 aromatic carbocycles. The number of amides is 1. The molecule has 0 fully saturated rings. The van der Waals surface area contributed by atoms with Gasteiger partial charge in [-0.2, -0.15) is 0 Å². The zero-order valence-corrected chi connectivity index (χ0v) is 12.7. The number of rotatable bonds is 5. The van der Waals surface area contributed by atoms with E-state index >= 15 is 0 Å². The lowest BCUT2D eigenvalue weighted by atomic mass is 10.1. The lowest BCUT2D eigenvalue weighted by Crippen LogP contribution is -2.27. The van der Waals surface area contributed by atoms with Crippen LogP contribution in [0.5, 0.6) is 0 Å². The van der Waals surface area contributed by atoms with E-state index in [1.54, 1.807) is 11.3 Å². The van der Waals surface area contributed by atoms with Gasteiger partial charge in [-0.05, 0) is 24.5 Å². The molecule has 0 bridgehead atoms. The molecule has 1 amide bonds. The number of hydrogen-bond donors (Lipinski definition) is 1. The maximum absolute atomic E-state index is 11.9. The number of carbonyl (C=O) groups excluding carboxylic acids is 1. The van der Waals surface area contributed by atoms with Crippen molar-refractivity contribution < 1.29 is 4.79 Å². The predicted molar refractivity (Wildman–Crippen MR) is 84.7 cm³/mol. The van der Waals surface area contributed by atoms with Crippen molar-refractivity contribution in [2.24, 2.45) is 0 Å². The number of benzene rings is 1. The summed E-state index contributed by atoms with van der Waals surface area (Å²) in [6.45, 7) is 2.75. The Morgan fingerprint density at radius 1 is 1.38 bits per heavy atom. The molecule has 3 rings (SSSR count). The number of thiazole rings is 1. The largest absolute Gasteiger partial charge is 0.355 e. The van der Waals surface area contributed by atoms with Crippen LogP contribution in [0.1, 0.15) is 16.8 Å². The van der Waals surface area contributed by atoms with E-state index in [2.05, 4.69) is 29.4 Å². The number of nitrogens with one attached hydrogen (secondary N) is 1. The molecule has 0 radical (unpaired) electrons. The summed E-state index contributed by atoms with van der Waals surface area (Å²) in [7, 11) is 0. The first-order valence-electron chi connectivity index (χ1n) is 6.94. The highest BCUT2D eigenvalue weighted by atomic mass is 32.1. The number of aryl methyl sites for hydroxylation is 1. The van der Waals surface area contributed by atoms with Gasteiger partial charge in [0.15, 0.2) is 4.96 Å². The molecule has 0 unspecified atom stereocenters. The van der Waals surface area contributed by atoms with Crippen molar-refractivity contribution in [3.8, 4) is 0 Å². The molecular weight excluding hydrogens is 282 g/mol. The summed E-state index contributed by atoms with van der Waals surface area (Å²) in [5.74, 6) is 0.0225. The van der Waals surface area contributed by atoms with Gasteiger partial charge >= 0.3 is 0 Å². The second-order valence-electron chi connectivity index (χ2n) is 5.03. The Labute approximate surface area is 127 Å². The van der Waals surface area contributed by atoms with E-state index in [0.29, 0.717) is 13.0 Å². The summed E-state index contributed by atoms with van der Waals surface area (Å²) < 4.78 is 1.95. The molecule has 0 saturated heterocycles. The quantitative estimate of drug-likeness (QED) is 0.787. The first kappa shape index (κ1) is 13.8. The average Bonchev–Trinajstić information content (AvgIpc) is 3.02. The molecule has 21 heavy (non-hydrogen) atoms. The molecule has 3 aromatic rings. The minimum Gasteiger partial charge on any atom is -0.355 e. The Kier molecular flexibility index (Phi) is 4.01. The van der Waals surface area contributed by atoms with Gasteiger partial charge < -0.3 is 5.32 Å². The van der Waals surface area contributed by atoms with E-state index in [1.165, 1.54) is 11.1 Å². The van der Waals surface area contributed by atoms with Gasteiger partial charge in [0.05, 0.1) is 12.1 Å². The van der Waals surface area contributed by atoms with E-state index in [1.807, 2.05) is 34.3 Å². The van der Waals surface area contributed by atoms with Gasteiger partial charge in [0.1, 0.15) is 0 Å². The van der Waals surface area contributed by atoms with Gasteiger partial charge in [-0.25, -0.2) is 4.98 Å². The van der Waals surface area contributed by atoms with Crippen LogP contribution in [-0.2, 0) is 17.6 Å². The third-order valence-corrected chi connectivity index (χ3v) is 4.23. The van der Waals surface area contributed by atoms with Crippen LogP contribution in [0.25, 0.3) is 4.96 Å². The number of imidazole rings is 1. The highest BCUT2D eigenvalue weighted by Crippen LogP contribution is 2.11. The minimum absolute atomic E-state index is 0.0225. The van der Waals surface area contributed by atoms with Crippen molar-refractivity contribution in [2.75, 3.05) is 6.54 Å². The van der Waals surface area contributed by atoms with E-state index in [4.69, 9.17) is 0 Å². The van der Waals surface area contributed by atoms with E-state index < -0.39 is 0 Å². The fourth-order valence-electron chi connectivity index (χ4n) is 2.32. The lowest BCUT2D eigenvalue weighted by molar-refractivity contribution is -0.120. The lowest BCUT2D eigenvalue weighted by Gasteiger charge is -2.06. The smallest absolute Gasteiger partial charge is 0.226 e. The third-order valence-electron chi connectivity index (χ3n) is 3.46. The highest BCUT2D eigenvalue weighted by molar-refractivity contribution is 7.15. The SMILES string of the molecule is Cc1ccccc1CCNC(=O)Cc1cn2ccsc2n1. The van der Waals surface area contributed by atoms with Gasteiger partial charge in [0, 0.05) is 24.3 Å². The van der Waals surface area contributed by atoms with Crippen LogP contribution < -0.4 is 5.32 Å². The maximum Gasteiger partial charge on any atom is 0.226 e. The second-order valence-corrected chi connectivity index (χ2v) is 5.90. The average molecular weight is 299 g/mol. The summed E-state index contributed by atoms with van der Waals surface area (Å²) in [5.41, 5.74) is 3.36. The Morgan fingerprint density at radius 2 is 2.24 bits per heavy atom. The molecule has 0 saturated carbocycles. The number of aromatic nitrogens is 2. The topological polar surface area (TPSA) is 46.4 Å². The summed E-state index contributed by atoms with van der Waals surface area (Å²) in [4.78, 5) is 17.3. The molecule has 2 heterocycles. The summed E-state index contributed by atoms with van der Waals surface area (Å²) in [5, 5.41) is 4.94. The van der Waals surface area contributed by atoms with Crippen LogP contribution >= 0.6 is 11.3 Å². The monoisotopic (exact) mass is 299 g/mol. The molecule has 0 aliphatic rings. The first-order chi connectivity index (χ1) is 10.2. The number of hydrogen-bond acceptors (Lipinski definition) is 3. The van der Waals surface area contributed by atoms with Crippen LogP contribution in [0, 0.1) is 6.92 Å². The second kappa shape index (κ2) is 6.10. The number of carbonyl (C=O) groups is 1. The number of fused-ring (bicyclic) bond motifs is 1. The molecule has 0 aliphatic heterocycles. The van der Waals surface area contributed by atoms with E-state index in [9.17, 15) is 4.79 Å². The predicted octanol–water partition coefficient (Wildman–Crippen LogP) is 2.61. The van der Waals surface area contributed by atoms with Crippen LogP contribution in [0.2, 0.25) is 0 Å². The molecule has 0 atom stereocenters. The molecule has 4 nitrogen and oxygen atoms in total. The zero-order valence-electron chi connectivity index (χ0n) is 11.9. The standard InChI is InChI=1S/C16H17N3OS/c1-12-4-2-3-5-13(12)6-7-17-15(20)10-14-11-19-8-9-21-16(19)18-14/h2-5,8-9,11H,6-7,10H2,1H3,(H,17,20). The van der Waals surface area contributed by atoms with Crippen molar-refractivity contribution in [2.45, 2.75) is 19.8 Å². The van der Waals surface area contributed by atoms with E-state index in [0.717, 1.165) is 17.1 Å². The maximum atomic E-state index is 11.9. The summed E-state index contributed by atoms with van der Waals surface area (Å²) in [6.07, 6.45) is 5.05. The van der Waals surface area contributed by atoms with Crippen molar-refractivity contribution >= 4 is 22.2 Å². The van der Waals surface area contributed by atoms with Crippen LogP contribution in [0.15, 0.2) is 42.0 Å². The van der Waals surface area contributed by atoms with Gasteiger partial charge in [-0.1, -0.05) is 24.3 Å². The molecule has 2 aromatic heterocycles. The zero-order chi connectivity index (χ0) is 14.7. The van der Waals surface area contributed by atoms with Crippen LogP contribution in [0.3, 0.4) is 0 Å². The Balaban J connectivity index is 1.50. The molecule has 5 heteroatoms. The first-order valence-corrected chi connectivity index (χ1v) is 7.82. The van der Waals surface area contributed by atoms with Crippen molar-refractivity contribution in [1.82, 2.24) is 14.7 Å². The molecule has 1 N–H and O–H groups in total. The van der Waals surface area contributed by atoms with Gasteiger partial charge in [-0.15, -0.1) is 11.3 Å². The van der Waals surface area contributed by atoms with Gasteiger partial charge in [-0.3, -0.25) is 9.20 Å². The van der Waals surface area contributed by atoms with E-state index in [-0.39, 0.29) is 5.91 Å². The molecule has 0 aliphatic carbocycles. The van der Waals surface area contributed by atoms with Crippen LogP contribution in [0.4, 0.5) is 0 Å². The molecule has 0 spiro atoms. The molecular formula is C16H17N3OS. The Morgan fingerprint density at radius 3 is 3.05 bits per heavy atom. The van der Waals surface area contributed by atoms with Crippen molar-refractivity contribution in [1.29, 1.82) is 0 Å². The van der Waals surface area contributed by atoms with Crippen molar-refractivity contribution in [3.05, 3.63) is 58.9 Å². The Hall–Kier alpha value is -2.14. The summed E-state index contributed by atoms with van der Waals surface area (Å²) in [6, 6.07) is 8.25. The van der Waals surface area contributed by atoms with Gasteiger partial charge in [0.25, 0.3) is 0 Å². The van der Waals surface area contributed by atoms with Crippen LogP contribution in [-0.4, -0.2) is 21.8 Å². The minimum atomic E-state index is 0.0225. The number of nitrogens with zero attached hydrogens (tertiary/aromatic N) is 2. The fraction of sp³-hybridized carbons (Fsp3) is 0.250. The normalized spacial score (nSPS) is 10.9. The van der Waals surface area contributed by atoms with Crippen molar-refractivity contribution in [3.63, 3.8) is 0 Å². The van der Waals surface area contributed by atoms with Gasteiger partial charge in [0.2, 0.25) is 5.91 Å². The highest BCUT2D eigenvalue weighted by Gasteiger charge is 2.08.